The topological polar surface area (TPSA) is 92.3 Å². The number of rotatable bonds is 4. The van der Waals surface area contributed by atoms with E-state index in [1.54, 1.807) is 0 Å². The third-order valence-corrected chi connectivity index (χ3v) is 8.68. The molecule has 4 aliphatic carbocycles. The predicted molar refractivity (Wildman–Crippen MR) is 92.9 cm³/mol. The number of hydrogen-bond acceptors (Lipinski definition) is 4. The standard InChI is InChI=1S/C18H28N2O4S/c21-16(6-12-1-2-25(23,24)11-12)19-20-17(22)10-18-7-13-3-14(8-18)5-15(4-13)9-18/h12-15H,1-11H2,(H,19,21)(H,20,22). The zero-order valence-electron chi connectivity index (χ0n) is 14.6. The SMILES string of the molecule is O=C(CC1CCS(=O)(=O)C1)NNC(=O)CC12CC3CC(CC(C3)C1)C2. The number of hydrogen-bond donors (Lipinski definition) is 2. The van der Waals surface area contributed by atoms with Gasteiger partial charge in [-0.15, -0.1) is 0 Å². The minimum absolute atomic E-state index is 0.0850. The number of amides is 2. The van der Waals surface area contributed by atoms with E-state index in [1.165, 1.54) is 38.5 Å². The number of hydrazine groups is 1. The third kappa shape index (κ3) is 3.86. The van der Waals surface area contributed by atoms with Gasteiger partial charge in [-0.1, -0.05) is 0 Å². The first-order chi connectivity index (χ1) is 11.8. The van der Waals surface area contributed by atoms with Gasteiger partial charge in [0.25, 0.3) is 0 Å². The lowest BCUT2D eigenvalue weighted by Crippen LogP contribution is -2.50. The Balaban J connectivity index is 1.24. The fourth-order valence-electron chi connectivity index (χ4n) is 6.38. The highest BCUT2D eigenvalue weighted by Gasteiger charge is 2.51. The molecule has 1 saturated heterocycles. The van der Waals surface area contributed by atoms with Crippen LogP contribution in [0.2, 0.25) is 0 Å². The summed E-state index contributed by atoms with van der Waals surface area (Å²) in [4.78, 5) is 24.3. The maximum atomic E-state index is 12.4. The molecule has 7 heteroatoms. The highest BCUT2D eigenvalue weighted by atomic mass is 32.2. The Bertz CT molecular complexity index is 637. The van der Waals surface area contributed by atoms with Crippen molar-refractivity contribution in [2.75, 3.05) is 11.5 Å². The van der Waals surface area contributed by atoms with E-state index in [-0.39, 0.29) is 41.1 Å². The van der Waals surface area contributed by atoms with E-state index < -0.39 is 9.84 Å². The first-order valence-corrected chi connectivity index (χ1v) is 11.4. The van der Waals surface area contributed by atoms with Crippen molar-refractivity contribution >= 4 is 21.7 Å². The Morgan fingerprint density at radius 3 is 2.00 bits per heavy atom. The normalized spacial score (nSPS) is 40.8. The molecule has 2 amide bonds. The Morgan fingerprint density at radius 1 is 0.920 bits per heavy atom. The van der Waals surface area contributed by atoms with Gasteiger partial charge < -0.3 is 0 Å². The zero-order valence-corrected chi connectivity index (χ0v) is 15.4. The molecule has 0 aromatic rings. The second-order valence-corrected chi connectivity index (χ2v) is 11.4. The Hall–Kier alpha value is -1.11. The van der Waals surface area contributed by atoms with Crippen LogP contribution in [0.15, 0.2) is 0 Å². The molecule has 2 N–H and O–H groups in total. The lowest BCUT2D eigenvalue weighted by Gasteiger charge is -2.56. The summed E-state index contributed by atoms with van der Waals surface area (Å²) in [5.41, 5.74) is 5.21. The molecule has 1 unspecified atom stereocenters. The van der Waals surface area contributed by atoms with E-state index >= 15 is 0 Å². The molecule has 1 atom stereocenters. The number of carbonyl (C=O) groups is 2. The second-order valence-electron chi connectivity index (χ2n) is 9.16. The molecule has 4 saturated carbocycles. The first-order valence-electron chi connectivity index (χ1n) is 9.59. The van der Waals surface area contributed by atoms with Crippen LogP contribution in [0, 0.1) is 29.1 Å². The summed E-state index contributed by atoms with van der Waals surface area (Å²) < 4.78 is 22.9. The Labute approximate surface area is 149 Å². The van der Waals surface area contributed by atoms with Crippen molar-refractivity contribution in [3.63, 3.8) is 0 Å². The molecule has 140 valence electrons. The summed E-state index contributed by atoms with van der Waals surface area (Å²) >= 11 is 0. The van der Waals surface area contributed by atoms with Crippen molar-refractivity contribution in [1.82, 2.24) is 10.9 Å². The van der Waals surface area contributed by atoms with Crippen LogP contribution in [0.4, 0.5) is 0 Å². The van der Waals surface area contributed by atoms with E-state index in [9.17, 15) is 18.0 Å². The van der Waals surface area contributed by atoms with Gasteiger partial charge in [-0.25, -0.2) is 8.42 Å². The minimum atomic E-state index is -2.97. The molecule has 0 aromatic heterocycles. The largest absolute Gasteiger partial charge is 0.273 e. The Morgan fingerprint density at radius 2 is 1.48 bits per heavy atom. The molecule has 1 heterocycles. The van der Waals surface area contributed by atoms with Gasteiger partial charge in [0.15, 0.2) is 9.84 Å². The van der Waals surface area contributed by atoms with Crippen LogP contribution in [-0.4, -0.2) is 31.7 Å². The van der Waals surface area contributed by atoms with Gasteiger partial charge in [-0.3, -0.25) is 20.4 Å². The molecule has 0 radical (unpaired) electrons. The van der Waals surface area contributed by atoms with Crippen molar-refractivity contribution in [3.05, 3.63) is 0 Å². The van der Waals surface area contributed by atoms with E-state index in [1.807, 2.05) is 0 Å². The monoisotopic (exact) mass is 368 g/mol. The Kier molecular flexibility index (Phi) is 4.33. The average molecular weight is 368 g/mol. The summed E-state index contributed by atoms with van der Waals surface area (Å²) in [6.07, 6.45) is 8.76. The van der Waals surface area contributed by atoms with Crippen LogP contribution in [-0.2, 0) is 19.4 Å². The third-order valence-electron chi connectivity index (χ3n) is 6.84. The smallest absolute Gasteiger partial charge is 0.238 e. The van der Waals surface area contributed by atoms with Gasteiger partial charge >= 0.3 is 0 Å². The minimum Gasteiger partial charge on any atom is -0.273 e. The van der Waals surface area contributed by atoms with E-state index in [4.69, 9.17) is 0 Å². The number of carbonyl (C=O) groups excluding carboxylic acids is 2. The molecule has 5 fully saturated rings. The van der Waals surface area contributed by atoms with Gasteiger partial charge in [-0.2, -0.15) is 0 Å². The maximum Gasteiger partial charge on any atom is 0.238 e. The van der Waals surface area contributed by atoms with Crippen LogP contribution in [0.3, 0.4) is 0 Å². The second kappa shape index (κ2) is 6.25. The van der Waals surface area contributed by atoms with E-state index in [0.717, 1.165) is 17.8 Å². The predicted octanol–water partition coefficient (Wildman–Crippen LogP) is 1.57. The van der Waals surface area contributed by atoms with Crippen LogP contribution >= 0.6 is 0 Å². The summed E-state index contributed by atoms with van der Waals surface area (Å²) in [6, 6.07) is 0. The lowest BCUT2D eigenvalue weighted by molar-refractivity contribution is -0.134. The van der Waals surface area contributed by atoms with Gasteiger partial charge in [0.05, 0.1) is 11.5 Å². The van der Waals surface area contributed by atoms with E-state index in [0.29, 0.717) is 12.8 Å². The average Bonchev–Trinajstić information content (AvgIpc) is 2.82. The molecule has 1 aliphatic heterocycles. The van der Waals surface area contributed by atoms with Crippen molar-refractivity contribution in [3.8, 4) is 0 Å². The van der Waals surface area contributed by atoms with Crippen molar-refractivity contribution in [1.29, 1.82) is 0 Å². The number of sulfone groups is 1. The van der Waals surface area contributed by atoms with Crippen LogP contribution in [0.25, 0.3) is 0 Å². The molecular formula is C18H28N2O4S. The molecule has 4 bridgehead atoms. The molecule has 6 nitrogen and oxygen atoms in total. The molecule has 25 heavy (non-hydrogen) atoms. The van der Waals surface area contributed by atoms with Crippen LogP contribution in [0.1, 0.15) is 57.8 Å². The molecule has 0 spiro atoms. The fraction of sp³-hybridized carbons (Fsp3) is 0.889. The summed E-state index contributed by atoms with van der Waals surface area (Å²) in [6.45, 7) is 0. The highest BCUT2D eigenvalue weighted by Crippen LogP contribution is 2.61. The van der Waals surface area contributed by atoms with Gasteiger partial charge in [0.2, 0.25) is 11.8 Å². The fourth-order valence-corrected chi connectivity index (χ4v) is 8.24. The van der Waals surface area contributed by atoms with Crippen LogP contribution < -0.4 is 10.9 Å². The quantitative estimate of drug-likeness (QED) is 0.737. The highest BCUT2D eigenvalue weighted by molar-refractivity contribution is 7.91. The maximum absolute atomic E-state index is 12.4. The summed E-state index contributed by atoms with van der Waals surface area (Å²) in [5, 5.41) is 0. The summed E-state index contributed by atoms with van der Waals surface area (Å²) in [5.74, 6) is 2.15. The molecule has 5 rings (SSSR count). The van der Waals surface area contributed by atoms with Crippen molar-refractivity contribution in [2.45, 2.75) is 57.8 Å². The molecular weight excluding hydrogens is 340 g/mol. The van der Waals surface area contributed by atoms with Crippen molar-refractivity contribution < 1.29 is 18.0 Å². The zero-order chi connectivity index (χ0) is 17.7. The van der Waals surface area contributed by atoms with E-state index in [2.05, 4.69) is 10.9 Å². The lowest BCUT2D eigenvalue weighted by atomic mass is 9.49. The van der Waals surface area contributed by atoms with Gasteiger partial charge in [0, 0.05) is 12.8 Å². The molecule has 0 aromatic carbocycles. The van der Waals surface area contributed by atoms with Crippen molar-refractivity contribution in [2.24, 2.45) is 29.1 Å². The van der Waals surface area contributed by atoms with Gasteiger partial charge in [0.1, 0.15) is 0 Å². The van der Waals surface area contributed by atoms with Crippen LogP contribution in [0.5, 0.6) is 0 Å². The first kappa shape index (κ1) is 17.3. The van der Waals surface area contributed by atoms with Gasteiger partial charge in [-0.05, 0) is 74.0 Å². The number of nitrogens with one attached hydrogen (secondary N) is 2. The summed E-state index contributed by atoms with van der Waals surface area (Å²) in [7, 11) is -2.97. The molecule has 5 aliphatic rings.